The molecule has 1 heterocycles. The van der Waals surface area contributed by atoms with Gasteiger partial charge in [0, 0.05) is 19.0 Å². The molecule has 4 N–H and O–H groups in total. The Hall–Kier alpha value is -1.88. The van der Waals surface area contributed by atoms with Gasteiger partial charge in [-0.25, -0.2) is 0 Å². The van der Waals surface area contributed by atoms with Crippen LogP contribution in [0.15, 0.2) is 30.3 Å². The zero-order chi connectivity index (χ0) is 15.2. The van der Waals surface area contributed by atoms with Gasteiger partial charge in [-0.2, -0.15) is 0 Å². The second-order valence-corrected chi connectivity index (χ2v) is 5.63. The van der Waals surface area contributed by atoms with Crippen LogP contribution in [0.1, 0.15) is 24.8 Å². The van der Waals surface area contributed by atoms with Crippen LogP contribution < -0.4 is 11.5 Å². The van der Waals surface area contributed by atoms with Crippen molar-refractivity contribution in [2.24, 2.45) is 17.4 Å². The van der Waals surface area contributed by atoms with Crippen molar-refractivity contribution < 1.29 is 9.59 Å². The second-order valence-electron chi connectivity index (χ2n) is 5.63. The van der Waals surface area contributed by atoms with E-state index in [9.17, 15) is 9.59 Å². The van der Waals surface area contributed by atoms with Crippen LogP contribution >= 0.6 is 0 Å². The largest absolute Gasteiger partial charge is 0.369 e. The predicted molar refractivity (Wildman–Crippen MR) is 81.2 cm³/mol. The monoisotopic (exact) mass is 289 g/mol. The maximum Gasteiger partial charge on any atom is 0.239 e. The van der Waals surface area contributed by atoms with Crippen molar-refractivity contribution in [2.75, 3.05) is 13.1 Å². The molecule has 2 rings (SSSR count). The Bertz CT molecular complexity index is 482. The van der Waals surface area contributed by atoms with Crippen LogP contribution in [0.2, 0.25) is 0 Å². The van der Waals surface area contributed by atoms with E-state index in [0.717, 1.165) is 6.42 Å². The summed E-state index contributed by atoms with van der Waals surface area (Å²) in [5.41, 5.74) is 12.5. The van der Waals surface area contributed by atoms with Gasteiger partial charge in [0.2, 0.25) is 11.8 Å². The maximum absolute atomic E-state index is 12.3. The zero-order valence-electron chi connectivity index (χ0n) is 12.2. The minimum atomic E-state index is -0.477. The molecule has 1 aromatic rings. The van der Waals surface area contributed by atoms with Crippen molar-refractivity contribution in [3.63, 3.8) is 0 Å². The van der Waals surface area contributed by atoms with E-state index in [1.165, 1.54) is 5.56 Å². The van der Waals surface area contributed by atoms with E-state index in [4.69, 9.17) is 11.5 Å². The molecule has 0 aliphatic carbocycles. The standard InChI is InChI=1S/C16H23N3O2/c17-14(7-6-12-4-2-1-3-5-12)16(21)19-10-8-13(9-11-19)15(18)20/h1-5,13-14H,6-11,17H2,(H2,18,20)/t14-/m0/s1. The lowest BCUT2D eigenvalue weighted by molar-refractivity contribution is -0.136. The first-order valence-corrected chi connectivity index (χ1v) is 7.45. The van der Waals surface area contributed by atoms with Gasteiger partial charge in [0.15, 0.2) is 0 Å². The van der Waals surface area contributed by atoms with Crippen molar-refractivity contribution in [1.29, 1.82) is 0 Å². The summed E-state index contributed by atoms with van der Waals surface area (Å²) in [7, 11) is 0. The third-order valence-corrected chi connectivity index (χ3v) is 4.11. The summed E-state index contributed by atoms with van der Waals surface area (Å²) in [4.78, 5) is 25.2. The summed E-state index contributed by atoms with van der Waals surface area (Å²) in [5, 5.41) is 0. The number of carbonyl (C=O) groups excluding carboxylic acids is 2. The first-order chi connectivity index (χ1) is 10.1. The molecule has 0 aromatic heterocycles. The van der Waals surface area contributed by atoms with Crippen LogP contribution in [0.5, 0.6) is 0 Å². The molecule has 1 saturated heterocycles. The molecule has 0 unspecified atom stereocenters. The Morgan fingerprint density at radius 2 is 1.81 bits per heavy atom. The Balaban J connectivity index is 1.79. The van der Waals surface area contributed by atoms with Gasteiger partial charge in [-0.15, -0.1) is 0 Å². The molecular formula is C16H23N3O2. The van der Waals surface area contributed by atoms with Gasteiger partial charge in [-0.3, -0.25) is 9.59 Å². The molecule has 1 atom stereocenters. The number of hydrogen-bond acceptors (Lipinski definition) is 3. The van der Waals surface area contributed by atoms with Gasteiger partial charge < -0.3 is 16.4 Å². The lowest BCUT2D eigenvalue weighted by Crippen LogP contribution is -2.48. The quantitative estimate of drug-likeness (QED) is 0.835. The number of benzene rings is 1. The number of nitrogens with two attached hydrogens (primary N) is 2. The average molecular weight is 289 g/mol. The van der Waals surface area contributed by atoms with Crippen LogP contribution in [-0.4, -0.2) is 35.8 Å². The van der Waals surface area contributed by atoms with Crippen LogP contribution in [0.25, 0.3) is 0 Å². The van der Waals surface area contributed by atoms with Crippen molar-refractivity contribution in [3.05, 3.63) is 35.9 Å². The molecule has 1 aliphatic rings. The van der Waals surface area contributed by atoms with Crippen LogP contribution in [0.3, 0.4) is 0 Å². The van der Waals surface area contributed by atoms with Crippen LogP contribution in [-0.2, 0) is 16.0 Å². The zero-order valence-corrected chi connectivity index (χ0v) is 12.2. The number of piperidine rings is 1. The molecule has 1 aliphatic heterocycles. The lowest BCUT2D eigenvalue weighted by Gasteiger charge is -2.32. The number of amides is 2. The third-order valence-electron chi connectivity index (χ3n) is 4.11. The summed E-state index contributed by atoms with van der Waals surface area (Å²) < 4.78 is 0. The molecule has 0 saturated carbocycles. The highest BCUT2D eigenvalue weighted by Crippen LogP contribution is 2.17. The van der Waals surface area contributed by atoms with E-state index >= 15 is 0 Å². The summed E-state index contributed by atoms with van der Waals surface area (Å²) in [6.45, 7) is 1.15. The topological polar surface area (TPSA) is 89.4 Å². The van der Waals surface area contributed by atoms with E-state index in [1.807, 2.05) is 30.3 Å². The van der Waals surface area contributed by atoms with E-state index in [0.29, 0.717) is 32.4 Å². The fourth-order valence-corrected chi connectivity index (χ4v) is 2.71. The molecule has 1 fully saturated rings. The number of nitrogens with zero attached hydrogens (tertiary/aromatic N) is 1. The molecule has 1 aromatic carbocycles. The number of rotatable bonds is 5. The van der Waals surface area contributed by atoms with Gasteiger partial charge in [-0.1, -0.05) is 30.3 Å². The normalized spacial score (nSPS) is 17.5. The number of hydrogen-bond donors (Lipinski definition) is 2. The van der Waals surface area contributed by atoms with Crippen molar-refractivity contribution in [1.82, 2.24) is 4.90 Å². The fourth-order valence-electron chi connectivity index (χ4n) is 2.71. The average Bonchev–Trinajstić information content (AvgIpc) is 2.53. The Morgan fingerprint density at radius 3 is 2.38 bits per heavy atom. The van der Waals surface area contributed by atoms with Gasteiger partial charge >= 0.3 is 0 Å². The minimum Gasteiger partial charge on any atom is -0.369 e. The Kier molecular flexibility index (Phi) is 5.33. The number of aryl methyl sites for hydroxylation is 1. The molecular weight excluding hydrogens is 266 g/mol. The Labute approximate surface area is 125 Å². The lowest BCUT2D eigenvalue weighted by atomic mass is 9.95. The summed E-state index contributed by atoms with van der Waals surface area (Å²) in [5.74, 6) is -0.390. The van der Waals surface area contributed by atoms with E-state index in [1.54, 1.807) is 4.90 Å². The van der Waals surface area contributed by atoms with Gasteiger partial charge in [0.05, 0.1) is 6.04 Å². The van der Waals surface area contributed by atoms with E-state index < -0.39 is 6.04 Å². The van der Waals surface area contributed by atoms with Gasteiger partial charge in [0.25, 0.3) is 0 Å². The van der Waals surface area contributed by atoms with Crippen molar-refractivity contribution in [2.45, 2.75) is 31.7 Å². The van der Waals surface area contributed by atoms with E-state index in [2.05, 4.69) is 0 Å². The minimum absolute atomic E-state index is 0.0196. The second kappa shape index (κ2) is 7.22. The molecule has 2 amide bonds. The molecule has 0 radical (unpaired) electrons. The Morgan fingerprint density at radius 1 is 1.19 bits per heavy atom. The van der Waals surface area contributed by atoms with Crippen molar-refractivity contribution >= 4 is 11.8 Å². The van der Waals surface area contributed by atoms with Gasteiger partial charge in [-0.05, 0) is 31.2 Å². The molecule has 5 heteroatoms. The smallest absolute Gasteiger partial charge is 0.239 e. The van der Waals surface area contributed by atoms with Crippen LogP contribution in [0, 0.1) is 5.92 Å². The summed E-state index contributed by atoms with van der Waals surface area (Å²) in [6.07, 6.45) is 2.73. The summed E-state index contributed by atoms with van der Waals surface area (Å²) in [6, 6.07) is 9.53. The SMILES string of the molecule is NC(=O)C1CCN(C(=O)[C@@H](N)CCc2ccccc2)CC1. The highest BCUT2D eigenvalue weighted by Gasteiger charge is 2.28. The number of primary amides is 1. The van der Waals surface area contributed by atoms with Crippen molar-refractivity contribution in [3.8, 4) is 0 Å². The third kappa shape index (κ3) is 4.29. The summed E-state index contributed by atoms with van der Waals surface area (Å²) >= 11 is 0. The highest BCUT2D eigenvalue weighted by atomic mass is 16.2. The molecule has 0 bridgehead atoms. The van der Waals surface area contributed by atoms with Gasteiger partial charge in [0.1, 0.15) is 0 Å². The number of likely N-dealkylation sites (tertiary alicyclic amines) is 1. The fraction of sp³-hybridized carbons (Fsp3) is 0.500. The first-order valence-electron chi connectivity index (χ1n) is 7.45. The molecule has 21 heavy (non-hydrogen) atoms. The predicted octanol–water partition coefficient (Wildman–Crippen LogP) is 0.670. The highest BCUT2D eigenvalue weighted by molar-refractivity contribution is 5.82. The van der Waals surface area contributed by atoms with E-state index in [-0.39, 0.29) is 17.7 Å². The maximum atomic E-state index is 12.3. The molecule has 114 valence electrons. The van der Waals surface area contributed by atoms with Crippen LogP contribution in [0.4, 0.5) is 0 Å². The number of carbonyl (C=O) groups is 2. The molecule has 5 nitrogen and oxygen atoms in total. The molecule has 0 spiro atoms. The first kappa shape index (κ1) is 15.5.